The smallest absolute Gasteiger partial charge is 0.0686 e. The van der Waals surface area contributed by atoms with Crippen LogP contribution in [0.4, 0.5) is 0 Å². The van der Waals surface area contributed by atoms with E-state index in [1.54, 1.807) is 0 Å². The van der Waals surface area contributed by atoms with Crippen molar-refractivity contribution in [3.05, 3.63) is 28.5 Å². The van der Waals surface area contributed by atoms with E-state index in [2.05, 4.69) is 32.4 Å². The van der Waals surface area contributed by atoms with Gasteiger partial charge in [0.2, 0.25) is 0 Å². The quantitative estimate of drug-likeness (QED) is 0.645. The lowest BCUT2D eigenvalue weighted by Gasteiger charge is -2.45. The van der Waals surface area contributed by atoms with Crippen molar-refractivity contribution in [1.82, 2.24) is 10.4 Å². The van der Waals surface area contributed by atoms with Crippen LogP contribution in [0.3, 0.4) is 0 Å². The molecule has 2 atom stereocenters. The summed E-state index contributed by atoms with van der Waals surface area (Å²) in [6.07, 6.45) is 12.2. The Morgan fingerprint density at radius 1 is 1.33 bits per heavy atom. The average molecular weight is 354 g/mol. The third kappa shape index (κ3) is 3.47. The number of ether oxygens (including phenoxy) is 1. The van der Waals surface area contributed by atoms with E-state index in [1.165, 1.54) is 32.1 Å². The van der Waals surface area contributed by atoms with Crippen LogP contribution in [0, 0.1) is 5.92 Å². The summed E-state index contributed by atoms with van der Waals surface area (Å²) in [7, 11) is 0. The van der Waals surface area contributed by atoms with E-state index in [9.17, 15) is 0 Å². The first kappa shape index (κ1) is 15.4. The van der Waals surface area contributed by atoms with Gasteiger partial charge in [0, 0.05) is 23.5 Å². The van der Waals surface area contributed by atoms with Crippen LogP contribution in [0.2, 0.25) is 0 Å². The number of hydrogen-bond donors (Lipinski definition) is 2. The summed E-state index contributed by atoms with van der Waals surface area (Å²) in [5, 5.41) is 0. The predicted octanol–water partition coefficient (Wildman–Crippen LogP) is 3.48. The summed E-state index contributed by atoms with van der Waals surface area (Å²) in [6.45, 7) is 0.851. The molecule has 5 heteroatoms. The van der Waals surface area contributed by atoms with Gasteiger partial charge in [-0.3, -0.25) is 16.3 Å². The maximum absolute atomic E-state index is 6.20. The lowest BCUT2D eigenvalue weighted by Crippen LogP contribution is -2.45. The Labute approximate surface area is 134 Å². The third-order valence-electron chi connectivity index (χ3n) is 5.03. The van der Waals surface area contributed by atoms with E-state index >= 15 is 0 Å². The summed E-state index contributed by atoms with van der Waals surface area (Å²) in [6, 6.07) is 2.26. The molecule has 0 radical (unpaired) electrons. The molecule has 116 valence electrons. The lowest BCUT2D eigenvalue weighted by molar-refractivity contribution is -0.122. The number of hydrogen-bond acceptors (Lipinski definition) is 4. The van der Waals surface area contributed by atoms with Crippen LogP contribution in [0.25, 0.3) is 0 Å². The molecule has 0 amide bonds. The molecule has 21 heavy (non-hydrogen) atoms. The van der Waals surface area contributed by atoms with Gasteiger partial charge >= 0.3 is 0 Å². The highest BCUT2D eigenvalue weighted by molar-refractivity contribution is 9.10. The number of nitrogens with two attached hydrogens (primary N) is 1. The van der Waals surface area contributed by atoms with Crippen molar-refractivity contribution < 1.29 is 4.74 Å². The maximum atomic E-state index is 6.20. The molecule has 1 aliphatic carbocycles. The van der Waals surface area contributed by atoms with Gasteiger partial charge in [-0.2, -0.15) is 0 Å². The van der Waals surface area contributed by atoms with Gasteiger partial charge in [0.15, 0.2) is 0 Å². The molecule has 2 heterocycles. The van der Waals surface area contributed by atoms with E-state index in [-0.39, 0.29) is 11.6 Å². The van der Waals surface area contributed by atoms with Crippen LogP contribution in [-0.2, 0) is 4.74 Å². The molecule has 2 fully saturated rings. The fourth-order valence-electron chi connectivity index (χ4n) is 4.00. The van der Waals surface area contributed by atoms with E-state index < -0.39 is 0 Å². The summed E-state index contributed by atoms with van der Waals surface area (Å²) < 4.78 is 7.20. The molecular formula is C16H24BrN3O. The van der Waals surface area contributed by atoms with Crippen molar-refractivity contribution in [2.24, 2.45) is 11.8 Å². The zero-order valence-electron chi connectivity index (χ0n) is 12.4. The van der Waals surface area contributed by atoms with Crippen LogP contribution in [0.5, 0.6) is 0 Å². The van der Waals surface area contributed by atoms with Crippen molar-refractivity contribution in [1.29, 1.82) is 0 Å². The molecule has 1 aromatic rings. The van der Waals surface area contributed by atoms with Crippen LogP contribution in [-0.4, -0.2) is 17.2 Å². The van der Waals surface area contributed by atoms with Crippen LogP contribution >= 0.6 is 15.9 Å². The van der Waals surface area contributed by atoms with Gasteiger partial charge in [-0.05, 0) is 59.2 Å². The summed E-state index contributed by atoms with van der Waals surface area (Å²) in [5.41, 5.74) is 4.28. The Morgan fingerprint density at radius 2 is 2.14 bits per heavy atom. The van der Waals surface area contributed by atoms with Gasteiger partial charge in [0.25, 0.3) is 0 Å². The Bertz CT molecular complexity index is 471. The average Bonchev–Trinajstić information content (AvgIpc) is 2.49. The van der Waals surface area contributed by atoms with Gasteiger partial charge in [0.05, 0.1) is 11.6 Å². The fourth-order valence-corrected chi connectivity index (χ4v) is 4.38. The standard InChI is InChI=1S/C16H24BrN3O/c17-14-8-13(10-19-11-14)15(20-18)12-4-7-21-16(9-12)5-2-1-3-6-16/h8,10-12,15,20H,1-7,9,18H2. The third-order valence-corrected chi connectivity index (χ3v) is 5.47. The van der Waals surface area contributed by atoms with Crippen LogP contribution in [0.15, 0.2) is 22.9 Å². The Balaban J connectivity index is 1.77. The van der Waals surface area contributed by atoms with Crippen molar-refractivity contribution >= 4 is 15.9 Å². The normalized spacial score (nSPS) is 26.7. The topological polar surface area (TPSA) is 60.2 Å². The summed E-state index contributed by atoms with van der Waals surface area (Å²) >= 11 is 3.50. The second-order valence-corrected chi connectivity index (χ2v) is 7.34. The lowest BCUT2D eigenvalue weighted by atomic mass is 9.73. The van der Waals surface area contributed by atoms with E-state index in [4.69, 9.17) is 10.6 Å². The predicted molar refractivity (Wildman–Crippen MR) is 86.5 cm³/mol. The molecule has 3 N–H and O–H groups in total. The fraction of sp³-hybridized carbons (Fsp3) is 0.688. The first-order valence-electron chi connectivity index (χ1n) is 7.93. The second-order valence-electron chi connectivity index (χ2n) is 6.43. The number of rotatable bonds is 3. The minimum Gasteiger partial charge on any atom is -0.375 e. The Kier molecular flexibility index (Phi) is 4.94. The van der Waals surface area contributed by atoms with Crippen LogP contribution in [0.1, 0.15) is 56.6 Å². The van der Waals surface area contributed by atoms with Crippen molar-refractivity contribution in [2.75, 3.05) is 6.61 Å². The number of hydrazine groups is 1. The van der Waals surface area contributed by atoms with Gasteiger partial charge in [0.1, 0.15) is 0 Å². The van der Waals surface area contributed by atoms with Crippen molar-refractivity contribution in [3.63, 3.8) is 0 Å². The molecule has 0 bridgehead atoms. The number of nitrogens with one attached hydrogen (secondary N) is 1. The zero-order chi connectivity index (χ0) is 14.7. The first-order valence-corrected chi connectivity index (χ1v) is 8.72. The Hall–Kier alpha value is -0.490. The molecule has 1 saturated heterocycles. The number of aromatic nitrogens is 1. The molecule has 1 aromatic heterocycles. The SMILES string of the molecule is NNC(c1cncc(Br)c1)C1CCOC2(CCCCC2)C1. The van der Waals surface area contributed by atoms with Gasteiger partial charge < -0.3 is 4.74 Å². The summed E-state index contributed by atoms with van der Waals surface area (Å²) in [5.74, 6) is 6.38. The van der Waals surface area contributed by atoms with Crippen LogP contribution < -0.4 is 11.3 Å². The van der Waals surface area contributed by atoms with Crippen molar-refractivity contribution in [3.8, 4) is 0 Å². The largest absolute Gasteiger partial charge is 0.375 e. The van der Waals surface area contributed by atoms with Gasteiger partial charge in [-0.15, -0.1) is 0 Å². The molecule has 3 rings (SSSR count). The monoisotopic (exact) mass is 353 g/mol. The Morgan fingerprint density at radius 3 is 2.86 bits per heavy atom. The number of pyridine rings is 1. The molecule has 1 spiro atoms. The summed E-state index contributed by atoms with van der Waals surface area (Å²) in [4.78, 5) is 4.28. The van der Waals surface area contributed by atoms with E-state index in [0.29, 0.717) is 5.92 Å². The molecular weight excluding hydrogens is 330 g/mol. The highest BCUT2D eigenvalue weighted by Crippen LogP contribution is 2.44. The molecule has 2 aliphatic rings. The number of nitrogens with zero attached hydrogens (tertiary/aromatic N) is 1. The van der Waals surface area contributed by atoms with E-state index in [0.717, 1.165) is 29.5 Å². The highest BCUT2D eigenvalue weighted by atomic mass is 79.9. The molecule has 1 aliphatic heterocycles. The van der Waals surface area contributed by atoms with Gasteiger partial charge in [-0.25, -0.2) is 0 Å². The molecule has 0 aromatic carbocycles. The minimum atomic E-state index is 0.107. The van der Waals surface area contributed by atoms with Gasteiger partial charge in [-0.1, -0.05) is 19.3 Å². The first-order chi connectivity index (χ1) is 10.2. The second kappa shape index (κ2) is 6.73. The van der Waals surface area contributed by atoms with E-state index in [1.807, 2.05) is 12.4 Å². The zero-order valence-corrected chi connectivity index (χ0v) is 13.9. The maximum Gasteiger partial charge on any atom is 0.0686 e. The highest BCUT2D eigenvalue weighted by Gasteiger charge is 2.41. The van der Waals surface area contributed by atoms with Crippen molar-refractivity contribution in [2.45, 2.75) is 56.6 Å². The molecule has 4 nitrogen and oxygen atoms in total. The number of halogens is 1. The molecule has 2 unspecified atom stereocenters. The molecule has 1 saturated carbocycles. The minimum absolute atomic E-state index is 0.107.